The van der Waals surface area contributed by atoms with Crippen molar-refractivity contribution >= 4 is 11.8 Å². The third kappa shape index (κ3) is 4.42. The van der Waals surface area contributed by atoms with Gasteiger partial charge in [-0.25, -0.2) is 0 Å². The molecule has 1 aliphatic carbocycles. The Morgan fingerprint density at radius 3 is 2.55 bits per heavy atom. The Morgan fingerprint density at radius 1 is 1.25 bits per heavy atom. The van der Waals surface area contributed by atoms with Gasteiger partial charge in [-0.05, 0) is 24.7 Å². The summed E-state index contributed by atoms with van der Waals surface area (Å²) in [5.74, 6) is 0. The summed E-state index contributed by atoms with van der Waals surface area (Å²) in [6.07, 6.45) is 0.220. The molecule has 1 fully saturated rings. The molecule has 0 spiro atoms. The topological polar surface area (TPSA) is 12.0 Å². The number of nitrogens with one attached hydrogen (secondary N) is 1. The average molecular weight is 303 g/mol. The highest BCUT2D eigenvalue weighted by molar-refractivity contribution is 7.99. The summed E-state index contributed by atoms with van der Waals surface area (Å²) < 4.78 is 38.4. The van der Waals surface area contributed by atoms with Crippen LogP contribution in [0.15, 0.2) is 30.3 Å². The van der Waals surface area contributed by atoms with Gasteiger partial charge >= 0.3 is 6.18 Å². The van der Waals surface area contributed by atoms with E-state index in [2.05, 4.69) is 5.32 Å². The molecule has 2 rings (SSSR count). The molecule has 1 aromatic carbocycles. The van der Waals surface area contributed by atoms with Crippen LogP contribution < -0.4 is 5.32 Å². The van der Waals surface area contributed by atoms with E-state index in [4.69, 9.17) is 0 Å². The molecule has 3 unspecified atom stereocenters. The lowest BCUT2D eigenvalue weighted by Crippen LogP contribution is -2.38. The van der Waals surface area contributed by atoms with Crippen molar-refractivity contribution in [1.82, 2.24) is 5.32 Å². The highest BCUT2D eigenvalue weighted by atomic mass is 32.2. The van der Waals surface area contributed by atoms with E-state index in [0.717, 1.165) is 24.8 Å². The zero-order valence-electron chi connectivity index (χ0n) is 11.5. The van der Waals surface area contributed by atoms with Crippen LogP contribution in [-0.2, 0) is 0 Å². The van der Waals surface area contributed by atoms with E-state index in [9.17, 15) is 13.2 Å². The van der Waals surface area contributed by atoms with Gasteiger partial charge in [0.05, 0.1) is 6.42 Å². The molecule has 3 atom stereocenters. The molecule has 0 saturated heterocycles. The quantitative estimate of drug-likeness (QED) is 0.856. The Labute approximate surface area is 122 Å². The SMILES string of the molecule is CSC1CCCC1NC(CC(F)(F)F)c1ccccc1. The normalized spacial score (nSPS) is 24.8. The maximum absolute atomic E-state index is 12.8. The fraction of sp³-hybridized carbons (Fsp3) is 0.600. The minimum absolute atomic E-state index is 0.178. The minimum Gasteiger partial charge on any atom is -0.306 e. The number of alkyl halides is 3. The largest absolute Gasteiger partial charge is 0.390 e. The van der Waals surface area contributed by atoms with E-state index >= 15 is 0 Å². The summed E-state index contributed by atoms with van der Waals surface area (Å²) in [6.45, 7) is 0. The number of benzene rings is 1. The molecule has 20 heavy (non-hydrogen) atoms. The third-order valence-electron chi connectivity index (χ3n) is 3.81. The van der Waals surface area contributed by atoms with Crippen LogP contribution in [0, 0.1) is 0 Å². The van der Waals surface area contributed by atoms with Crippen molar-refractivity contribution in [3.63, 3.8) is 0 Å². The minimum atomic E-state index is -4.15. The van der Waals surface area contributed by atoms with Crippen LogP contribution in [0.1, 0.15) is 37.3 Å². The Balaban J connectivity index is 2.10. The van der Waals surface area contributed by atoms with Crippen LogP contribution in [0.25, 0.3) is 0 Å². The molecule has 0 aliphatic heterocycles. The fourth-order valence-corrected chi connectivity index (χ4v) is 3.79. The van der Waals surface area contributed by atoms with E-state index in [-0.39, 0.29) is 6.04 Å². The van der Waals surface area contributed by atoms with Gasteiger partial charge in [0, 0.05) is 17.3 Å². The molecule has 0 bridgehead atoms. The molecule has 1 nitrogen and oxygen atoms in total. The maximum atomic E-state index is 12.8. The maximum Gasteiger partial charge on any atom is 0.390 e. The van der Waals surface area contributed by atoms with Gasteiger partial charge in [0.2, 0.25) is 0 Å². The lowest BCUT2D eigenvalue weighted by molar-refractivity contribution is -0.140. The zero-order valence-corrected chi connectivity index (χ0v) is 12.3. The van der Waals surface area contributed by atoms with E-state index < -0.39 is 18.6 Å². The van der Waals surface area contributed by atoms with Crippen molar-refractivity contribution in [2.75, 3.05) is 6.26 Å². The van der Waals surface area contributed by atoms with E-state index in [1.54, 1.807) is 36.0 Å². The van der Waals surface area contributed by atoms with E-state index in [1.165, 1.54) is 0 Å². The summed E-state index contributed by atoms with van der Waals surface area (Å²) >= 11 is 1.75. The first-order chi connectivity index (χ1) is 9.49. The van der Waals surface area contributed by atoms with Gasteiger partial charge in [-0.3, -0.25) is 0 Å². The predicted octanol–water partition coefficient (Wildman–Crippen LogP) is 4.55. The first kappa shape index (κ1) is 15.7. The lowest BCUT2D eigenvalue weighted by Gasteiger charge is -2.27. The third-order valence-corrected chi connectivity index (χ3v) is 4.98. The summed E-state index contributed by atoms with van der Waals surface area (Å²) in [6, 6.07) is 8.49. The molecule has 5 heteroatoms. The van der Waals surface area contributed by atoms with E-state index in [0.29, 0.717) is 5.25 Å². The Hall–Kier alpha value is -0.680. The Morgan fingerprint density at radius 2 is 1.95 bits per heavy atom. The molecule has 1 aromatic rings. The van der Waals surface area contributed by atoms with Gasteiger partial charge in [0.1, 0.15) is 0 Å². The summed E-state index contributed by atoms with van der Waals surface area (Å²) in [5.41, 5.74) is 0.719. The van der Waals surface area contributed by atoms with Crippen molar-refractivity contribution in [2.45, 2.75) is 49.2 Å². The first-order valence-corrected chi connectivity index (χ1v) is 8.19. The van der Waals surface area contributed by atoms with Crippen LogP contribution >= 0.6 is 11.8 Å². The van der Waals surface area contributed by atoms with Crippen LogP contribution in [0.2, 0.25) is 0 Å². The highest BCUT2D eigenvalue weighted by Gasteiger charge is 2.35. The number of hydrogen-bond donors (Lipinski definition) is 1. The van der Waals surface area contributed by atoms with Crippen molar-refractivity contribution in [1.29, 1.82) is 0 Å². The molecule has 0 amide bonds. The second kappa shape index (κ2) is 6.85. The first-order valence-electron chi connectivity index (χ1n) is 6.90. The smallest absolute Gasteiger partial charge is 0.306 e. The van der Waals surface area contributed by atoms with Crippen LogP contribution in [0.4, 0.5) is 13.2 Å². The van der Waals surface area contributed by atoms with Gasteiger partial charge in [-0.15, -0.1) is 0 Å². The second-order valence-corrected chi connectivity index (χ2v) is 6.34. The molecule has 0 radical (unpaired) electrons. The van der Waals surface area contributed by atoms with E-state index in [1.807, 2.05) is 12.3 Å². The summed E-state index contributed by atoms with van der Waals surface area (Å²) in [4.78, 5) is 0. The Kier molecular flexibility index (Phi) is 5.38. The van der Waals surface area contributed by atoms with Crippen LogP contribution in [0.5, 0.6) is 0 Å². The average Bonchev–Trinajstić information content (AvgIpc) is 2.85. The Bertz CT molecular complexity index is 407. The van der Waals surface area contributed by atoms with Gasteiger partial charge in [-0.2, -0.15) is 24.9 Å². The summed E-state index contributed by atoms with van der Waals surface area (Å²) in [7, 11) is 0. The van der Waals surface area contributed by atoms with Crippen molar-refractivity contribution in [3.05, 3.63) is 35.9 Å². The fourth-order valence-electron chi connectivity index (χ4n) is 2.85. The highest BCUT2D eigenvalue weighted by Crippen LogP contribution is 2.34. The monoisotopic (exact) mass is 303 g/mol. The van der Waals surface area contributed by atoms with Gasteiger partial charge in [0.15, 0.2) is 0 Å². The number of rotatable bonds is 5. The van der Waals surface area contributed by atoms with Crippen molar-refractivity contribution in [2.24, 2.45) is 0 Å². The lowest BCUT2D eigenvalue weighted by atomic mass is 10.0. The number of halogens is 3. The molecule has 0 heterocycles. The van der Waals surface area contributed by atoms with Crippen molar-refractivity contribution < 1.29 is 13.2 Å². The molecule has 1 N–H and O–H groups in total. The molecule has 1 saturated carbocycles. The van der Waals surface area contributed by atoms with Gasteiger partial charge in [0.25, 0.3) is 0 Å². The van der Waals surface area contributed by atoms with Gasteiger partial charge in [-0.1, -0.05) is 36.8 Å². The predicted molar refractivity (Wildman–Crippen MR) is 77.9 cm³/mol. The van der Waals surface area contributed by atoms with Crippen molar-refractivity contribution in [3.8, 4) is 0 Å². The molecular weight excluding hydrogens is 283 g/mol. The number of hydrogen-bond acceptors (Lipinski definition) is 2. The number of thioether (sulfide) groups is 1. The van der Waals surface area contributed by atoms with Gasteiger partial charge < -0.3 is 5.32 Å². The second-order valence-electron chi connectivity index (χ2n) is 5.26. The molecule has 1 aliphatic rings. The molecular formula is C15H20F3NS. The standard InChI is InChI=1S/C15H20F3NS/c1-20-14-9-5-8-12(14)19-13(10-15(16,17)18)11-6-3-2-4-7-11/h2-4,6-7,12-14,19H,5,8-10H2,1H3. The molecule has 112 valence electrons. The zero-order chi connectivity index (χ0) is 14.6. The molecule has 0 aromatic heterocycles. The van der Waals surface area contributed by atoms with Crippen LogP contribution in [-0.4, -0.2) is 23.7 Å². The summed E-state index contributed by atoms with van der Waals surface area (Å²) in [5, 5.41) is 3.67. The van der Waals surface area contributed by atoms with Crippen LogP contribution in [0.3, 0.4) is 0 Å².